The van der Waals surface area contributed by atoms with Crippen molar-refractivity contribution in [2.24, 2.45) is 5.73 Å². The van der Waals surface area contributed by atoms with E-state index >= 15 is 0 Å². The number of aromatic nitrogens is 2. The van der Waals surface area contributed by atoms with Crippen molar-refractivity contribution < 1.29 is 4.74 Å². The summed E-state index contributed by atoms with van der Waals surface area (Å²) in [5.41, 5.74) is 7.08. The van der Waals surface area contributed by atoms with E-state index in [0.29, 0.717) is 0 Å². The molecule has 0 aliphatic heterocycles. The van der Waals surface area contributed by atoms with E-state index in [9.17, 15) is 0 Å². The number of nitrogens with zero attached hydrogens (tertiary/aromatic N) is 1. The average molecular weight is 277 g/mol. The summed E-state index contributed by atoms with van der Waals surface area (Å²) >= 11 is 1.70. The highest BCUT2D eigenvalue weighted by Gasteiger charge is 2.22. The highest BCUT2D eigenvalue weighted by molar-refractivity contribution is 7.99. The van der Waals surface area contributed by atoms with Crippen LogP contribution in [0.25, 0.3) is 10.9 Å². The summed E-state index contributed by atoms with van der Waals surface area (Å²) in [5.74, 6) is 0.959. The van der Waals surface area contributed by atoms with Crippen LogP contribution >= 0.6 is 11.8 Å². The standard InChI is InChI=1S/C14H19N3OS/c1-19-14-11-8-16-17-12(11)5-6-13(14)18-10-4-2-3-9(15)7-10/h5-6,8-10H,2-4,7,15H2,1H3,(H,16,17)/t9-,10-/m1/s1. The largest absolute Gasteiger partial charge is 0.489 e. The molecule has 1 fully saturated rings. The quantitative estimate of drug-likeness (QED) is 0.847. The molecule has 102 valence electrons. The second kappa shape index (κ2) is 5.43. The van der Waals surface area contributed by atoms with E-state index < -0.39 is 0 Å². The van der Waals surface area contributed by atoms with Crippen molar-refractivity contribution in [3.63, 3.8) is 0 Å². The molecular weight excluding hydrogens is 258 g/mol. The molecule has 1 heterocycles. The number of hydrogen-bond donors (Lipinski definition) is 2. The van der Waals surface area contributed by atoms with Crippen molar-refractivity contribution in [2.75, 3.05) is 6.26 Å². The van der Waals surface area contributed by atoms with Crippen molar-refractivity contribution in [2.45, 2.75) is 42.7 Å². The average Bonchev–Trinajstić information content (AvgIpc) is 2.87. The van der Waals surface area contributed by atoms with E-state index in [0.717, 1.165) is 47.2 Å². The van der Waals surface area contributed by atoms with E-state index in [1.807, 2.05) is 18.3 Å². The Morgan fingerprint density at radius 2 is 2.32 bits per heavy atom. The van der Waals surface area contributed by atoms with Gasteiger partial charge in [-0.05, 0) is 44.1 Å². The van der Waals surface area contributed by atoms with Crippen LogP contribution in [0, 0.1) is 0 Å². The third kappa shape index (κ3) is 2.58. The summed E-state index contributed by atoms with van der Waals surface area (Å²) in [6.07, 6.45) is 8.52. The predicted molar refractivity (Wildman–Crippen MR) is 78.7 cm³/mol. The van der Waals surface area contributed by atoms with Gasteiger partial charge in [-0.3, -0.25) is 5.10 Å². The molecule has 0 saturated heterocycles. The normalized spacial score (nSPS) is 23.7. The number of nitrogens with two attached hydrogens (primary N) is 1. The van der Waals surface area contributed by atoms with Gasteiger partial charge in [-0.25, -0.2) is 0 Å². The van der Waals surface area contributed by atoms with Crippen molar-refractivity contribution in [3.8, 4) is 5.75 Å². The van der Waals surface area contributed by atoms with Crippen LogP contribution in [0.2, 0.25) is 0 Å². The van der Waals surface area contributed by atoms with Gasteiger partial charge in [0, 0.05) is 11.4 Å². The Bertz CT molecular complexity index is 569. The second-order valence-electron chi connectivity index (χ2n) is 5.09. The number of rotatable bonds is 3. The number of nitrogens with one attached hydrogen (secondary N) is 1. The molecule has 1 aliphatic rings. The Kier molecular flexibility index (Phi) is 3.66. The Balaban J connectivity index is 1.87. The van der Waals surface area contributed by atoms with Gasteiger partial charge >= 0.3 is 0 Å². The maximum atomic E-state index is 6.18. The molecule has 1 aliphatic carbocycles. The van der Waals surface area contributed by atoms with E-state index in [1.165, 1.54) is 0 Å². The maximum Gasteiger partial charge on any atom is 0.134 e. The zero-order chi connectivity index (χ0) is 13.2. The molecule has 0 bridgehead atoms. The molecular formula is C14H19N3OS. The van der Waals surface area contributed by atoms with E-state index in [-0.39, 0.29) is 12.1 Å². The van der Waals surface area contributed by atoms with Gasteiger partial charge in [0.05, 0.1) is 16.6 Å². The highest BCUT2D eigenvalue weighted by Crippen LogP contribution is 2.36. The lowest BCUT2D eigenvalue weighted by Crippen LogP contribution is -2.33. The van der Waals surface area contributed by atoms with Gasteiger partial charge in [0.25, 0.3) is 0 Å². The third-order valence-electron chi connectivity index (χ3n) is 3.70. The van der Waals surface area contributed by atoms with Crippen LogP contribution in [0.15, 0.2) is 23.2 Å². The van der Waals surface area contributed by atoms with Gasteiger partial charge in [0.2, 0.25) is 0 Å². The number of thioether (sulfide) groups is 1. The van der Waals surface area contributed by atoms with Crippen LogP contribution in [0.1, 0.15) is 25.7 Å². The fourth-order valence-electron chi connectivity index (χ4n) is 2.74. The Labute approximate surface area is 117 Å². The van der Waals surface area contributed by atoms with Gasteiger partial charge in [0.1, 0.15) is 11.9 Å². The lowest BCUT2D eigenvalue weighted by atomic mass is 9.93. The summed E-state index contributed by atoms with van der Waals surface area (Å²) < 4.78 is 6.18. The van der Waals surface area contributed by atoms with Crippen LogP contribution in [-0.2, 0) is 0 Å². The van der Waals surface area contributed by atoms with Gasteiger partial charge in [-0.2, -0.15) is 5.10 Å². The molecule has 5 heteroatoms. The van der Waals surface area contributed by atoms with Crippen LogP contribution in [0.3, 0.4) is 0 Å². The lowest BCUT2D eigenvalue weighted by molar-refractivity contribution is 0.141. The third-order valence-corrected chi connectivity index (χ3v) is 4.53. The van der Waals surface area contributed by atoms with Gasteiger partial charge < -0.3 is 10.5 Å². The molecule has 3 N–H and O–H groups in total. The smallest absolute Gasteiger partial charge is 0.134 e. The fraction of sp³-hybridized carbons (Fsp3) is 0.500. The molecule has 0 spiro atoms. The first-order valence-electron chi connectivity index (χ1n) is 6.70. The SMILES string of the molecule is CSc1c(O[C@@H]2CCC[C@@H](N)C2)ccc2[nH]ncc12. The van der Waals surface area contributed by atoms with E-state index in [1.54, 1.807) is 11.8 Å². The van der Waals surface area contributed by atoms with Gasteiger partial charge in [0.15, 0.2) is 0 Å². The molecule has 3 rings (SSSR count). The zero-order valence-electron chi connectivity index (χ0n) is 11.1. The molecule has 0 radical (unpaired) electrons. The predicted octanol–water partition coefficient (Wildman–Crippen LogP) is 2.93. The number of benzene rings is 1. The monoisotopic (exact) mass is 277 g/mol. The van der Waals surface area contributed by atoms with Crippen LogP contribution in [-0.4, -0.2) is 28.6 Å². The van der Waals surface area contributed by atoms with Crippen molar-refractivity contribution >= 4 is 22.7 Å². The summed E-state index contributed by atoms with van der Waals surface area (Å²) in [6, 6.07) is 4.35. The molecule has 0 amide bonds. The molecule has 4 nitrogen and oxygen atoms in total. The molecule has 1 aromatic heterocycles. The summed E-state index contributed by atoms with van der Waals surface area (Å²) in [6.45, 7) is 0. The van der Waals surface area contributed by atoms with Gasteiger partial charge in [-0.15, -0.1) is 11.8 Å². The molecule has 1 saturated carbocycles. The molecule has 2 atom stereocenters. The molecule has 1 aromatic carbocycles. The Hall–Kier alpha value is -1.20. The van der Waals surface area contributed by atoms with Crippen molar-refractivity contribution in [1.82, 2.24) is 10.2 Å². The number of H-pyrrole nitrogens is 1. The maximum absolute atomic E-state index is 6.18. The van der Waals surface area contributed by atoms with Crippen molar-refractivity contribution in [3.05, 3.63) is 18.3 Å². The number of aromatic amines is 1. The van der Waals surface area contributed by atoms with Crippen LogP contribution < -0.4 is 10.5 Å². The highest BCUT2D eigenvalue weighted by atomic mass is 32.2. The first-order chi connectivity index (χ1) is 9.28. The van der Waals surface area contributed by atoms with Crippen molar-refractivity contribution in [1.29, 1.82) is 0 Å². The van der Waals surface area contributed by atoms with Gasteiger partial charge in [-0.1, -0.05) is 0 Å². The molecule has 19 heavy (non-hydrogen) atoms. The minimum atomic E-state index is 0.249. The topological polar surface area (TPSA) is 63.9 Å². The summed E-state index contributed by atoms with van der Waals surface area (Å²) in [5, 5.41) is 8.22. The molecule has 0 unspecified atom stereocenters. The number of fused-ring (bicyclic) bond motifs is 1. The summed E-state index contributed by atoms with van der Waals surface area (Å²) in [7, 11) is 0. The summed E-state index contributed by atoms with van der Waals surface area (Å²) in [4.78, 5) is 1.16. The first-order valence-corrected chi connectivity index (χ1v) is 7.92. The zero-order valence-corrected chi connectivity index (χ0v) is 11.9. The second-order valence-corrected chi connectivity index (χ2v) is 5.91. The fourth-order valence-corrected chi connectivity index (χ4v) is 3.44. The molecule has 2 aromatic rings. The van der Waals surface area contributed by atoms with Crippen LogP contribution in [0.4, 0.5) is 0 Å². The van der Waals surface area contributed by atoms with Crippen LogP contribution in [0.5, 0.6) is 5.75 Å². The minimum absolute atomic E-state index is 0.249. The lowest BCUT2D eigenvalue weighted by Gasteiger charge is -2.28. The first kappa shape index (κ1) is 12.8. The number of ether oxygens (including phenoxy) is 1. The van der Waals surface area contributed by atoms with E-state index in [4.69, 9.17) is 10.5 Å². The minimum Gasteiger partial charge on any atom is -0.489 e. The Morgan fingerprint density at radius 3 is 3.11 bits per heavy atom. The number of hydrogen-bond acceptors (Lipinski definition) is 4. The van der Waals surface area contributed by atoms with E-state index in [2.05, 4.69) is 16.5 Å². The Morgan fingerprint density at radius 1 is 1.42 bits per heavy atom.